The Bertz CT molecular complexity index is 265. The van der Waals surface area contributed by atoms with Crippen LogP contribution in [0.15, 0.2) is 0 Å². The molecule has 4 nitrogen and oxygen atoms in total. The zero-order valence-electron chi connectivity index (χ0n) is 11.3. The van der Waals surface area contributed by atoms with Crippen LogP contribution in [0.3, 0.4) is 0 Å². The van der Waals surface area contributed by atoms with E-state index in [9.17, 15) is 9.90 Å². The van der Waals surface area contributed by atoms with E-state index < -0.39 is 0 Å². The molecule has 2 aliphatic rings. The van der Waals surface area contributed by atoms with Crippen LogP contribution in [0.5, 0.6) is 0 Å². The van der Waals surface area contributed by atoms with E-state index in [1.54, 1.807) is 0 Å². The summed E-state index contributed by atoms with van der Waals surface area (Å²) in [6, 6.07) is 0.196. The van der Waals surface area contributed by atoms with Crippen molar-refractivity contribution >= 4 is 5.91 Å². The van der Waals surface area contributed by atoms with Gasteiger partial charge in [-0.25, -0.2) is 0 Å². The molecule has 0 bridgehead atoms. The average Bonchev–Trinajstić information content (AvgIpc) is 2.64. The number of likely N-dealkylation sites (tertiary alicyclic amines) is 2. The minimum atomic E-state index is 0.188. The van der Waals surface area contributed by atoms with Gasteiger partial charge in [-0.2, -0.15) is 0 Å². The molecule has 0 aromatic rings. The molecule has 1 amide bonds. The first-order valence-corrected chi connectivity index (χ1v) is 7.44. The van der Waals surface area contributed by atoms with Gasteiger partial charge in [0.2, 0.25) is 5.91 Å². The number of amides is 1. The molecule has 1 unspecified atom stereocenters. The van der Waals surface area contributed by atoms with E-state index in [2.05, 4.69) is 4.90 Å². The number of piperidine rings is 1. The average molecular weight is 254 g/mol. The zero-order valence-corrected chi connectivity index (χ0v) is 11.3. The van der Waals surface area contributed by atoms with Crippen molar-refractivity contribution in [2.75, 3.05) is 32.8 Å². The predicted octanol–water partition coefficient (Wildman–Crippen LogP) is 1.24. The fourth-order valence-electron chi connectivity index (χ4n) is 3.07. The third-order valence-electron chi connectivity index (χ3n) is 4.26. The van der Waals surface area contributed by atoms with Gasteiger partial charge >= 0.3 is 0 Å². The summed E-state index contributed by atoms with van der Waals surface area (Å²) >= 11 is 0. The van der Waals surface area contributed by atoms with Crippen molar-refractivity contribution < 1.29 is 9.90 Å². The van der Waals surface area contributed by atoms with Gasteiger partial charge in [0, 0.05) is 19.1 Å². The van der Waals surface area contributed by atoms with Gasteiger partial charge in [0.15, 0.2) is 0 Å². The Morgan fingerprint density at radius 2 is 1.67 bits per heavy atom. The Labute approximate surface area is 110 Å². The highest BCUT2D eigenvalue weighted by molar-refractivity contribution is 5.78. The van der Waals surface area contributed by atoms with E-state index in [0.717, 1.165) is 45.3 Å². The van der Waals surface area contributed by atoms with Crippen LogP contribution in [0, 0.1) is 0 Å². The standard InChI is InChI=1S/C14H26N2O2/c17-12-13-7-3-1-4-10-16(13)11-14(18)15-8-5-2-6-9-15/h13,17H,1-12H2. The molecule has 0 spiro atoms. The molecule has 0 aromatic heterocycles. The SMILES string of the molecule is O=C(CN1CCCCCC1CO)N1CCCCC1. The Morgan fingerprint density at radius 1 is 1.00 bits per heavy atom. The molecule has 2 fully saturated rings. The molecular formula is C14H26N2O2. The molecule has 18 heavy (non-hydrogen) atoms. The lowest BCUT2D eigenvalue weighted by Gasteiger charge is -2.32. The fraction of sp³-hybridized carbons (Fsp3) is 0.929. The summed E-state index contributed by atoms with van der Waals surface area (Å²) in [4.78, 5) is 16.4. The summed E-state index contributed by atoms with van der Waals surface area (Å²) in [5.74, 6) is 0.259. The van der Waals surface area contributed by atoms with Crippen molar-refractivity contribution in [1.82, 2.24) is 9.80 Å². The Balaban J connectivity index is 1.86. The summed E-state index contributed by atoms with van der Waals surface area (Å²) in [5.41, 5.74) is 0. The maximum atomic E-state index is 12.2. The smallest absolute Gasteiger partial charge is 0.236 e. The number of hydrogen-bond donors (Lipinski definition) is 1. The number of carbonyl (C=O) groups excluding carboxylic acids is 1. The zero-order chi connectivity index (χ0) is 12.8. The first kappa shape index (κ1) is 13.8. The third-order valence-corrected chi connectivity index (χ3v) is 4.26. The van der Waals surface area contributed by atoms with Gasteiger partial charge in [-0.1, -0.05) is 12.8 Å². The lowest BCUT2D eigenvalue weighted by Crippen LogP contribution is -2.47. The van der Waals surface area contributed by atoms with Crippen LogP contribution >= 0.6 is 0 Å². The maximum Gasteiger partial charge on any atom is 0.236 e. The summed E-state index contributed by atoms with van der Waals surface area (Å²) in [6.07, 6.45) is 8.15. The van der Waals surface area contributed by atoms with Crippen molar-refractivity contribution in [3.63, 3.8) is 0 Å². The van der Waals surface area contributed by atoms with E-state index >= 15 is 0 Å². The van der Waals surface area contributed by atoms with Crippen molar-refractivity contribution in [3.05, 3.63) is 0 Å². The summed E-state index contributed by atoms with van der Waals surface area (Å²) in [7, 11) is 0. The fourth-order valence-corrected chi connectivity index (χ4v) is 3.07. The molecule has 2 saturated heterocycles. The molecule has 2 rings (SSSR count). The normalized spacial score (nSPS) is 26.9. The van der Waals surface area contributed by atoms with Gasteiger partial charge < -0.3 is 10.0 Å². The number of aliphatic hydroxyl groups excluding tert-OH is 1. The third kappa shape index (κ3) is 3.69. The van der Waals surface area contributed by atoms with Crippen molar-refractivity contribution in [2.24, 2.45) is 0 Å². The monoisotopic (exact) mass is 254 g/mol. The van der Waals surface area contributed by atoms with Crippen LogP contribution in [-0.2, 0) is 4.79 Å². The van der Waals surface area contributed by atoms with Crippen molar-refractivity contribution in [2.45, 2.75) is 51.0 Å². The van der Waals surface area contributed by atoms with Crippen molar-refractivity contribution in [3.8, 4) is 0 Å². The van der Waals surface area contributed by atoms with Gasteiger partial charge in [-0.15, -0.1) is 0 Å². The number of carbonyl (C=O) groups is 1. The summed E-state index contributed by atoms with van der Waals surface area (Å²) in [6.45, 7) is 3.51. The van der Waals surface area contributed by atoms with E-state index in [-0.39, 0.29) is 18.6 Å². The van der Waals surface area contributed by atoms with Crippen LogP contribution < -0.4 is 0 Å². The Kier molecular flexibility index (Phi) is 5.45. The Hall–Kier alpha value is -0.610. The second kappa shape index (κ2) is 7.10. The maximum absolute atomic E-state index is 12.2. The molecular weight excluding hydrogens is 228 g/mol. The van der Waals surface area contributed by atoms with E-state index in [1.165, 1.54) is 19.3 Å². The Morgan fingerprint density at radius 3 is 2.39 bits per heavy atom. The quantitative estimate of drug-likeness (QED) is 0.824. The first-order chi connectivity index (χ1) is 8.81. The van der Waals surface area contributed by atoms with Crippen molar-refractivity contribution in [1.29, 1.82) is 0 Å². The second-order valence-electron chi connectivity index (χ2n) is 5.60. The molecule has 1 atom stereocenters. The first-order valence-electron chi connectivity index (χ1n) is 7.44. The van der Waals surface area contributed by atoms with Gasteiger partial charge in [0.05, 0.1) is 13.2 Å². The van der Waals surface area contributed by atoms with Crippen LogP contribution in [0.4, 0.5) is 0 Å². The molecule has 0 saturated carbocycles. The van der Waals surface area contributed by atoms with Gasteiger partial charge in [-0.3, -0.25) is 9.69 Å². The number of rotatable bonds is 3. The lowest BCUT2D eigenvalue weighted by atomic mass is 10.1. The summed E-state index contributed by atoms with van der Waals surface area (Å²) < 4.78 is 0. The molecule has 1 N–H and O–H groups in total. The minimum absolute atomic E-state index is 0.188. The van der Waals surface area contributed by atoms with Gasteiger partial charge in [0.25, 0.3) is 0 Å². The highest BCUT2D eigenvalue weighted by atomic mass is 16.3. The summed E-state index contributed by atoms with van der Waals surface area (Å²) in [5, 5.41) is 9.44. The highest BCUT2D eigenvalue weighted by Gasteiger charge is 2.25. The molecule has 2 aliphatic heterocycles. The van der Waals surface area contributed by atoms with E-state index in [0.29, 0.717) is 6.54 Å². The highest BCUT2D eigenvalue weighted by Crippen LogP contribution is 2.17. The molecule has 2 heterocycles. The molecule has 4 heteroatoms. The lowest BCUT2D eigenvalue weighted by molar-refractivity contribution is -0.134. The number of aliphatic hydroxyl groups is 1. The van der Waals surface area contributed by atoms with E-state index in [1.807, 2.05) is 4.90 Å². The van der Waals surface area contributed by atoms with Gasteiger partial charge in [0.1, 0.15) is 0 Å². The number of hydrogen-bond acceptors (Lipinski definition) is 3. The van der Waals surface area contributed by atoms with Crippen LogP contribution in [0.2, 0.25) is 0 Å². The number of nitrogens with zero attached hydrogens (tertiary/aromatic N) is 2. The van der Waals surface area contributed by atoms with Gasteiger partial charge in [-0.05, 0) is 38.6 Å². The molecule has 0 aromatic carbocycles. The van der Waals surface area contributed by atoms with Crippen LogP contribution in [0.25, 0.3) is 0 Å². The topological polar surface area (TPSA) is 43.8 Å². The van der Waals surface area contributed by atoms with Crippen LogP contribution in [0.1, 0.15) is 44.9 Å². The largest absolute Gasteiger partial charge is 0.395 e. The molecule has 104 valence electrons. The molecule has 0 aliphatic carbocycles. The second-order valence-corrected chi connectivity index (χ2v) is 5.60. The minimum Gasteiger partial charge on any atom is -0.395 e. The molecule has 0 radical (unpaired) electrons. The van der Waals surface area contributed by atoms with E-state index in [4.69, 9.17) is 0 Å². The predicted molar refractivity (Wildman–Crippen MR) is 71.3 cm³/mol. The van der Waals surface area contributed by atoms with Crippen LogP contribution in [-0.4, -0.2) is 59.6 Å².